The first-order valence-electron chi connectivity index (χ1n) is 9.00. The molecule has 0 unspecified atom stereocenters. The van der Waals surface area contributed by atoms with Gasteiger partial charge in [0.1, 0.15) is 5.60 Å². The second kappa shape index (κ2) is 8.74. The first-order chi connectivity index (χ1) is 11.8. The summed E-state index contributed by atoms with van der Waals surface area (Å²) in [7, 11) is 0. The van der Waals surface area contributed by atoms with Crippen molar-refractivity contribution in [3.63, 3.8) is 0 Å². The van der Waals surface area contributed by atoms with Crippen molar-refractivity contribution in [3.8, 4) is 0 Å². The van der Waals surface area contributed by atoms with Crippen LogP contribution in [0.15, 0.2) is 23.2 Å². The van der Waals surface area contributed by atoms with Crippen LogP contribution in [0.3, 0.4) is 0 Å². The average molecular weight is 346 g/mol. The van der Waals surface area contributed by atoms with Crippen molar-refractivity contribution in [1.29, 1.82) is 0 Å². The summed E-state index contributed by atoms with van der Waals surface area (Å²) in [6, 6.07) is 6.30. The van der Waals surface area contributed by atoms with Gasteiger partial charge in [0.05, 0.1) is 0 Å². The van der Waals surface area contributed by atoms with E-state index in [-0.39, 0.29) is 0 Å². The van der Waals surface area contributed by atoms with E-state index >= 15 is 0 Å². The Bertz CT molecular complexity index is 620. The number of aryl methyl sites for hydroxylation is 1. The minimum atomic E-state index is -0.481. The van der Waals surface area contributed by atoms with Gasteiger partial charge in [-0.2, -0.15) is 0 Å². The highest BCUT2D eigenvalue weighted by atomic mass is 16.6. The molecular weight excluding hydrogens is 316 g/mol. The number of nitrogens with zero attached hydrogens (tertiary/aromatic N) is 1. The summed E-state index contributed by atoms with van der Waals surface area (Å²) in [5, 5.41) is 5.93. The lowest BCUT2D eigenvalue weighted by molar-refractivity contribution is 0.0527. The van der Waals surface area contributed by atoms with Crippen molar-refractivity contribution in [3.05, 3.63) is 29.3 Å². The van der Waals surface area contributed by atoms with Crippen LogP contribution in [-0.4, -0.2) is 30.7 Å². The van der Waals surface area contributed by atoms with Gasteiger partial charge in [0.15, 0.2) is 5.96 Å². The zero-order chi connectivity index (χ0) is 18.3. The lowest BCUT2D eigenvalue weighted by Gasteiger charge is -2.20. The van der Waals surface area contributed by atoms with Crippen LogP contribution < -0.4 is 16.4 Å². The molecule has 2 rings (SSSR count). The molecule has 1 aliphatic rings. The number of anilines is 1. The van der Waals surface area contributed by atoms with Gasteiger partial charge >= 0.3 is 6.09 Å². The topological polar surface area (TPSA) is 88.7 Å². The molecule has 1 aromatic carbocycles. The van der Waals surface area contributed by atoms with Gasteiger partial charge < -0.3 is 21.1 Å². The van der Waals surface area contributed by atoms with E-state index in [1.165, 1.54) is 24.0 Å². The number of ether oxygens (including phenoxy) is 1. The number of nitrogens with two attached hydrogens (primary N) is 1. The minimum absolute atomic E-state index is 0.404. The molecular formula is C19H30N4O2. The quantitative estimate of drug-likeness (QED) is 0.434. The molecule has 6 heteroatoms. The average Bonchev–Trinajstić information content (AvgIpc) is 2.53. The number of alkyl carbamates (subject to hydrolysis) is 1. The van der Waals surface area contributed by atoms with Gasteiger partial charge in [0, 0.05) is 18.8 Å². The predicted octanol–water partition coefficient (Wildman–Crippen LogP) is 3.21. The molecule has 1 aromatic rings. The maximum Gasteiger partial charge on any atom is 0.407 e. The Hall–Kier alpha value is -2.24. The number of benzene rings is 1. The molecule has 1 amide bonds. The van der Waals surface area contributed by atoms with Gasteiger partial charge in [0.2, 0.25) is 0 Å². The van der Waals surface area contributed by atoms with Crippen molar-refractivity contribution >= 4 is 17.7 Å². The van der Waals surface area contributed by atoms with Crippen LogP contribution in [0.4, 0.5) is 10.5 Å². The zero-order valence-corrected chi connectivity index (χ0v) is 15.5. The fourth-order valence-corrected chi connectivity index (χ4v) is 2.86. The van der Waals surface area contributed by atoms with Crippen LogP contribution in [0, 0.1) is 0 Å². The van der Waals surface area contributed by atoms with E-state index < -0.39 is 11.7 Å². The normalized spacial score (nSPS) is 14.6. The monoisotopic (exact) mass is 346 g/mol. The highest BCUT2D eigenvalue weighted by molar-refractivity contribution is 5.93. The fourth-order valence-electron chi connectivity index (χ4n) is 2.86. The highest BCUT2D eigenvalue weighted by Gasteiger charge is 2.15. The number of amides is 1. The maximum atomic E-state index is 11.5. The summed E-state index contributed by atoms with van der Waals surface area (Å²) >= 11 is 0. The fraction of sp³-hybridized carbons (Fsp3) is 0.579. The molecule has 0 aromatic heterocycles. The molecule has 0 fully saturated rings. The van der Waals surface area contributed by atoms with Crippen LogP contribution in [-0.2, 0) is 17.6 Å². The molecule has 0 saturated heterocycles. The third kappa shape index (κ3) is 6.64. The van der Waals surface area contributed by atoms with Gasteiger partial charge in [-0.1, -0.05) is 12.1 Å². The van der Waals surface area contributed by atoms with Crippen LogP contribution in [0.25, 0.3) is 0 Å². The Morgan fingerprint density at radius 3 is 2.80 bits per heavy atom. The number of fused-ring (bicyclic) bond motifs is 1. The van der Waals surface area contributed by atoms with Crippen LogP contribution in [0.1, 0.15) is 51.2 Å². The number of carbonyl (C=O) groups excluding carboxylic acids is 1. The predicted molar refractivity (Wildman–Crippen MR) is 102 cm³/mol. The van der Waals surface area contributed by atoms with E-state index in [1.54, 1.807) is 0 Å². The zero-order valence-electron chi connectivity index (χ0n) is 15.5. The lowest BCUT2D eigenvalue weighted by atomic mass is 9.90. The van der Waals surface area contributed by atoms with E-state index in [1.807, 2.05) is 20.8 Å². The molecule has 0 saturated carbocycles. The second-order valence-electron chi connectivity index (χ2n) is 7.32. The SMILES string of the molecule is CC(C)(C)OC(=O)NCCCN=C(N)Nc1cccc2c1CCCC2. The minimum Gasteiger partial charge on any atom is -0.444 e. The van der Waals surface area contributed by atoms with E-state index in [9.17, 15) is 4.79 Å². The van der Waals surface area contributed by atoms with Gasteiger partial charge in [-0.25, -0.2) is 4.79 Å². The van der Waals surface area contributed by atoms with E-state index in [2.05, 4.69) is 33.8 Å². The molecule has 0 bridgehead atoms. The third-order valence-corrected chi connectivity index (χ3v) is 3.94. The number of hydrogen-bond acceptors (Lipinski definition) is 3. The molecule has 6 nitrogen and oxygen atoms in total. The molecule has 25 heavy (non-hydrogen) atoms. The van der Waals surface area contributed by atoms with E-state index in [0.29, 0.717) is 25.5 Å². The number of carbonyl (C=O) groups is 1. The summed E-state index contributed by atoms with van der Waals surface area (Å²) in [5.74, 6) is 0.413. The Kier molecular flexibility index (Phi) is 6.67. The standard InChI is InChI=1S/C19H30N4O2/c1-19(2,3)25-18(24)22-13-7-12-21-17(20)23-16-11-6-9-14-8-4-5-10-15(14)16/h6,9,11H,4-5,7-8,10,12-13H2,1-3H3,(H,22,24)(H3,20,21,23). The summed E-state index contributed by atoms with van der Waals surface area (Å²) in [6.07, 6.45) is 5.00. The van der Waals surface area contributed by atoms with Crippen molar-refractivity contribution in [1.82, 2.24) is 5.32 Å². The Balaban J connectivity index is 1.75. The van der Waals surface area contributed by atoms with Crippen LogP contribution >= 0.6 is 0 Å². The number of rotatable bonds is 5. The second-order valence-corrected chi connectivity index (χ2v) is 7.32. The van der Waals surface area contributed by atoms with E-state index in [0.717, 1.165) is 18.5 Å². The largest absolute Gasteiger partial charge is 0.444 e. The molecule has 1 aliphatic carbocycles. The summed E-state index contributed by atoms with van der Waals surface area (Å²) < 4.78 is 5.17. The summed E-state index contributed by atoms with van der Waals surface area (Å²) in [6.45, 7) is 6.57. The molecule has 0 aliphatic heterocycles. The van der Waals surface area contributed by atoms with Crippen molar-refractivity contribution < 1.29 is 9.53 Å². The molecule has 0 atom stereocenters. The summed E-state index contributed by atoms with van der Waals surface area (Å²) in [5.41, 5.74) is 9.34. The lowest BCUT2D eigenvalue weighted by Crippen LogP contribution is -2.33. The molecule has 0 spiro atoms. The highest BCUT2D eigenvalue weighted by Crippen LogP contribution is 2.27. The van der Waals surface area contributed by atoms with Crippen molar-refractivity contribution in [2.45, 2.75) is 58.5 Å². The van der Waals surface area contributed by atoms with E-state index in [4.69, 9.17) is 10.5 Å². The number of hydrogen-bond donors (Lipinski definition) is 3. The number of guanidine groups is 1. The number of aliphatic imine (C=N–C) groups is 1. The Morgan fingerprint density at radius 2 is 2.04 bits per heavy atom. The third-order valence-electron chi connectivity index (χ3n) is 3.94. The Morgan fingerprint density at radius 1 is 1.28 bits per heavy atom. The van der Waals surface area contributed by atoms with Crippen LogP contribution in [0.5, 0.6) is 0 Å². The molecule has 0 heterocycles. The molecule has 138 valence electrons. The van der Waals surface area contributed by atoms with Gasteiger partial charge in [-0.05, 0) is 70.1 Å². The van der Waals surface area contributed by atoms with Crippen LogP contribution in [0.2, 0.25) is 0 Å². The van der Waals surface area contributed by atoms with Gasteiger partial charge in [-0.3, -0.25) is 4.99 Å². The first kappa shape index (κ1) is 19.1. The molecule has 4 N–H and O–H groups in total. The first-order valence-corrected chi connectivity index (χ1v) is 9.00. The van der Waals surface area contributed by atoms with Crippen molar-refractivity contribution in [2.75, 3.05) is 18.4 Å². The molecule has 0 radical (unpaired) electrons. The summed E-state index contributed by atoms with van der Waals surface area (Å²) in [4.78, 5) is 15.9. The Labute approximate surface area is 150 Å². The van der Waals surface area contributed by atoms with Crippen molar-refractivity contribution in [2.24, 2.45) is 10.7 Å². The number of nitrogens with one attached hydrogen (secondary N) is 2. The van der Waals surface area contributed by atoms with Gasteiger partial charge in [-0.15, -0.1) is 0 Å². The van der Waals surface area contributed by atoms with Gasteiger partial charge in [0.25, 0.3) is 0 Å². The maximum absolute atomic E-state index is 11.5. The smallest absolute Gasteiger partial charge is 0.407 e.